The molecule has 82 valence electrons. The molecule has 15 heavy (non-hydrogen) atoms. The van der Waals surface area contributed by atoms with Crippen molar-refractivity contribution in [1.82, 2.24) is 5.32 Å². The number of nitrogens with one attached hydrogen (secondary N) is 2. The Balaban J connectivity index is 2.36. The summed E-state index contributed by atoms with van der Waals surface area (Å²) in [5.41, 5.74) is 0.335. The lowest BCUT2D eigenvalue weighted by Gasteiger charge is -2.11. The van der Waals surface area contributed by atoms with Crippen LogP contribution in [0.15, 0.2) is 16.8 Å². The summed E-state index contributed by atoms with van der Waals surface area (Å²) < 4.78 is 0. The van der Waals surface area contributed by atoms with Gasteiger partial charge in [-0.2, -0.15) is 0 Å². The molecule has 0 radical (unpaired) electrons. The van der Waals surface area contributed by atoms with Gasteiger partial charge in [0.15, 0.2) is 6.29 Å². The number of aliphatic imine (C=N–C) groups is 1. The summed E-state index contributed by atoms with van der Waals surface area (Å²) in [4.78, 5) is 14.8. The van der Waals surface area contributed by atoms with E-state index in [0.29, 0.717) is 23.7 Å². The van der Waals surface area contributed by atoms with Crippen LogP contribution in [0, 0.1) is 5.41 Å². The van der Waals surface area contributed by atoms with E-state index in [-0.39, 0.29) is 4.95 Å². The number of halogens is 1. The van der Waals surface area contributed by atoms with E-state index in [1.54, 1.807) is 18.0 Å². The van der Waals surface area contributed by atoms with E-state index in [1.807, 2.05) is 6.92 Å². The van der Waals surface area contributed by atoms with Crippen molar-refractivity contribution < 1.29 is 4.79 Å². The quantitative estimate of drug-likeness (QED) is 0.265. The van der Waals surface area contributed by atoms with Crippen molar-refractivity contribution in [3.05, 3.63) is 11.8 Å². The average molecular weight is 290 g/mol. The molecule has 1 heterocycles. The van der Waals surface area contributed by atoms with Crippen LogP contribution in [0.25, 0.3) is 0 Å². The Morgan fingerprint density at radius 3 is 3.00 bits per heavy atom. The molecule has 2 N–H and O–H groups in total. The second kappa shape index (κ2) is 6.07. The van der Waals surface area contributed by atoms with E-state index >= 15 is 0 Å². The Labute approximate surface area is 101 Å². The van der Waals surface area contributed by atoms with Crippen LogP contribution in [0.5, 0.6) is 0 Å². The van der Waals surface area contributed by atoms with Crippen LogP contribution in [0.2, 0.25) is 0 Å². The van der Waals surface area contributed by atoms with Crippen LogP contribution >= 0.6 is 27.7 Å². The second-order valence-corrected chi connectivity index (χ2v) is 5.36. The highest BCUT2D eigenvalue weighted by Gasteiger charge is 2.25. The summed E-state index contributed by atoms with van der Waals surface area (Å²) in [6, 6.07) is 0. The molecule has 0 bridgehead atoms. The van der Waals surface area contributed by atoms with Crippen molar-refractivity contribution in [1.29, 1.82) is 5.41 Å². The molecule has 2 atom stereocenters. The molecule has 0 fully saturated rings. The van der Waals surface area contributed by atoms with Gasteiger partial charge in [-0.15, -0.1) is 11.8 Å². The van der Waals surface area contributed by atoms with Crippen molar-refractivity contribution >= 4 is 45.2 Å². The van der Waals surface area contributed by atoms with Gasteiger partial charge in [0.25, 0.3) is 0 Å². The molecule has 0 aromatic heterocycles. The molecular weight excluding hydrogens is 278 g/mol. The predicted molar refractivity (Wildman–Crippen MR) is 68.1 cm³/mol. The van der Waals surface area contributed by atoms with Gasteiger partial charge in [0, 0.05) is 24.5 Å². The first kappa shape index (κ1) is 12.4. The van der Waals surface area contributed by atoms with Crippen molar-refractivity contribution in [3.63, 3.8) is 0 Å². The van der Waals surface area contributed by atoms with E-state index < -0.39 is 0 Å². The first-order valence-electron chi connectivity index (χ1n) is 4.41. The van der Waals surface area contributed by atoms with Crippen molar-refractivity contribution in [2.45, 2.75) is 17.1 Å². The summed E-state index contributed by atoms with van der Waals surface area (Å²) in [6.07, 6.45) is 3.22. The Kier molecular flexibility index (Phi) is 5.04. The van der Waals surface area contributed by atoms with Gasteiger partial charge in [-0.25, -0.2) is 0 Å². The first-order chi connectivity index (χ1) is 7.17. The third kappa shape index (κ3) is 3.79. The Hall–Kier alpha value is -0.620. The molecule has 6 heteroatoms. The predicted octanol–water partition coefficient (Wildman–Crippen LogP) is 1.56. The van der Waals surface area contributed by atoms with E-state index in [4.69, 9.17) is 5.41 Å². The fourth-order valence-corrected chi connectivity index (χ4v) is 3.02. The van der Waals surface area contributed by atoms with Gasteiger partial charge in [-0.3, -0.25) is 9.79 Å². The van der Waals surface area contributed by atoms with E-state index in [1.165, 1.54) is 0 Å². The van der Waals surface area contributed by atoms with Crippen LogP contribution in [0.4, 0.5) is 0 Å². The Bertz CT molecular complexity index is 306. The van der Waals surface area contributed by atoms with Crippen LogP contribution in [0.3, 0.4) is 0 Å². The molecule has 0 spiro atoms. The zero-order chi connectivity index (χ0) is 11.3. The van der Waals surface area contributed by atoms with Gasteiger partial charge < -0.3 is 10.7 Å². The third-order valence-electron chi connectivity index (χ3n) is 1.82. The highest BCUT2D eigenvalue weighted by molar-refractivity contribution is 9.09. The van der Waals surface area contributed by atoms with Crippen LogP contribution < -0.4 is 5.32 Å². The number of aldehydes is 1. The van der Waals surface area contributed by atoms with Crippen molar-refractivity contribution in [2.24, 2.45) is 4.99 Å². The number of nitrogens with zero attached hydrogens (tertiary/aromatic N) is 1. The third-order valence-corrected chi connectivity index (χ3v) is 4.19. The molecule has 0 aromatic rings. The number of carbonyl (C=O) groups is 1. The molecule has 0 aliphatic carbocycles. The number of carbonyl (C=O) groups excluding carboxylic acids is 1. The smallest absolute Gasteiger partial charge is 0.153 e. The number of hydrogen-bond donors (Lipinski definition) is 2. The SMILES string of the molecule is CC1=NC(Br)C(CN/C=C(\C=N)C=O)S1. The maximum Gasteiger partial charge on any atom is 0.153 e. The fourth-order valence-electron chi connectivity index (χ4n) is 1.10. The molecule has 1 aliphatic rings. The standard InChI is InChI=1S/C9H12BrN3OS/c1-6-13-9(10)8(15-6)4-12-3-7(2-11)5-14/h2-3,5,8-9,11-12H,4H2,1H3/b7-3+,11-2?. The highest BCUT2D eigenvalue weighted by Crippen LogP contribution is 2.29. The van der Waals surface area contributed by atoms with E-state index in [0.717, 1.165) is 11.3 Å². The minimum atomic E-state index is 0.128. The lowest BCUT2D eigenvalue weighted by Crippen LogP contribution is -2.25. The zero-order valence-electron chi connectivity index (χ0n) is 8.24. The van der Waals surface area contributed by atoms with Gasteiger partial charge in [0.2, 0.25) is 0 Å². The second-order valence-electron chi connectivity index (χ2n) is 2.99. The molecule has 0 saturated heterocycles. The molecule has 2 unspecified atom stereocenters. The normalized spacial score (nSPS) is 26.0. The van der Waals surface area contributed by atoms with Crippen molar-refractivity contribution in [2.75, 3.05) is 6.54 Å². The number of alkyl halides is 1. The molecule has 4 nitrogen and oxygen atoms in total. The molecular formula is C9H12BrN3OS. The number of rotatable bonds is 5. The molecule has 1 rings (SSSR count). The topological polar surface area (TPSA) is 65.3 Å². The minimum absolute atomic E-state index is 0.128. The number of hydrogen-bond acceptors (Lipinski definition) is 5. The van der Waals surface area contributed by atoms with E-state index in [9.17, 15) is 4.79 Å². The van der Waals surface area contributed by atoms with Crippen LogP contribution in [0.1, 0.15) is 6.92 Å². The maximum absolute atomic E-state index is 10.4. The summed E-state index contributed by atoms with van der Waals surface area (Å²) in [5.74, 6) is 0. The molecule has 0 aromatic carbocycles. The van der Waals surface area contributed by atoms with Crippen LogP contribution in [-0.2, 0) is 4.79 Å². The monoisotopic (exact) mass is 289 g/mol. The Morgan fingerprint density at radius 1 is 1.80 bits per heavy atom. The Morgan fingerprint density at radius 2 is 2.53 bits per heavy atom. The summed E-state index contributed by atoms with van der Waals surface area (Å²) in [5, 5.41) is 11.3. The summed E-state index contributed by atoms with van der Waals surface area (Å²) in [6.45, 7) is 2.69. The van der Waals surface area contributed by atoms with Gasteiger partial charge in [-0.05, 0) is 6.92 Å². The zero-order valence-corrected chi connectivity index (χ0v) is 10.6. The largest absolute Gasteiger partial charge is 0.389 e. The molecule has 0 amide bonds. The van der Waals surface area contributed by atoms with Crippen molar-refractivity contribution in [3.8, 4) is 0 Å². The van der Waals surface area contributed by atoms with Gasteiger partial charge >= 0.3 is 0 Å². The van der Waals surface area contributed by atoms with Crippen LogP contribution in [-0.4, -0.2) is 34.3 Å². The maximum atomic E-state index is 10.4. The fraction of sp³-hybridized carbons (Fsp3) is 0.444. The highest BCUT2D eigenvalue weighted by atomic mass is 79.9. The number of thioether (sulfide) groups is 1. The lowest BCUT2D eigenvalue weighted by atomic mass is 10.3. The first-order valence-corrected chi connectivity index (χ1v) is 6.21. The molecule has 0 saturated carbocycles. The summed E-state index contributed by atoms with van der Waals surface area (Å²) >= 11 is 5.17. The minimum Gasteiger partial charge on any atom is -0.389 e. The lowest BCUT2D eigenvalue weighted by molar-refractivity contribution is -0.104. The molecule has 1 aliphatic heterocycles. The van der Waals surface area contributed by atoms with E-state index in [2.05, 4.69) is 26.2 Å². The summed E-state index contributed by atoms with van der Waals surface area (Å²) in [7, 11) is 0. The van der Waals surface area contributed by atoms with Gasteiger partial charge in [-0.1, -0.05) is 15.9 Å². The number of allylic oxidation sites excluding steroid dienone is 1. The van der Waals surface area contributed by atoms with Gasteiger partial charge in [0.1, 0.15) is 4.95 Å². The van der Waals surface area contributed by atoms with Gasteiger partial charge in [0.05, 0.1) is 10.3 Å². The average Bonchev–Trinajstić information content (AvgIpc) is 2.52.